The first kappa shape index (κ1) is 14.3. The summed E-state index contributed by atoms with van der Waals surface area (Å²) in [6.45, 7) is 5.43. The van der Waals surface area contributed by atoms with Crippen molar-refractivity contribution in [3.63, 3.8) is 0 Å². The predicted molar refractivity (Wildman–Crippen MR) is 70.7 cm³/mol. The highest BCUT2D eigenvalue weighted by Crippen LogP contribution is 2.17. The Morgan fingerprint density at radius 3 is 2.71 bits per heavy atom. The van der Waals surface area contributed by atoms with Gasteiger partial charge in [-0.3, -0.25) is 4.90 Å². The van der Waals surface area contributed by atoms with Crippen molar-refractivity contribution in [1.29, 1.82) is 0 Å². The van der Waals surface area contributed by atoms with Gasteiger partial charge in [0, 0.05) is 17.1 Å². The van der Waals surface area contributed by atoms with Gasteiger partial charge in [-0.05, 0) is 39.1 Å². The van der Waals surface area contributed by atoms with Gasteiger partial charge in [-0.2, -0.15) is 0 Å². The highest BCUT2D eigenvalue weighted by Gasteiger charge is 2.21. The van der Waals surface area contributed by atoms with E-state index < -0.39 is 0 Å². The second kappa shape index (κ2) is 6.24. The van der Waals surface area contributed by atoms with Crippen LogP contribution in [0.25, 0.3) is 0 Å². The summed E-state index contributed by atoms with van der Waals surface area (Å²) in [6.07, 6.45) is 0. The number of aliphatic hydroxyl groups excluding tert-OH is 1. The quantitative estimate of drug-likeness (QED) is 0.850. The molecule has 0 aliphatic carbocycles. The number of halogens is 1. The van der Waals surface area contributed by atoms with Gasteiger partial charge in [0.25, 0.3) is 0 Å². The molecule has 0 heterocycles. The first-order valence-corrected chi connectivity index (χ1v) is 6.04. The molecule has 0 fully saturated rings. The van der Waals surface area contributed by atoms with Gasteiger partial charge >= 0.3 is 0 Å². The highest BCUT2D eigenvalue weighted by atomic mass is 35.5. The first-order valence-electron chi connectivity index (χ1n) is 5.66. The Labute approximate surface area is 108 Å². The zero-order valence-corrected chi connectivity index (χ0v) is 11.4. The van der Waals surface area contributed by atoms with Crippen molar-refractivity contribution in [3.05, 3.63) is 29.3 Å². The van der Waals surface area contributed by atoms with Crippen LogP contribution in [0.2, 0.25) is 5.02 Å². The maximum absolute atomic E-state index is 9.22. The van der Waals surface area contributed by atoms with Crippen molar-refractivity contribution in [1.82, 2.24) is 4.90 Å². The Morgan fingerprint density at radius 2 is 2.12 bits per heavy atom. The molecule has 0 saturated carbocycles. The second-order valence-corrected chi connectivity index (χ2v) is 5.13. The van der Waals surface area contributed by atoms with E-state index in [4.69, 9.17) is 16.3 Å². The van der Waals surface area contributed by atoms with Gasteiger partial charge in [0.2, 0.25) is 0 Å². The van der Waals surface area contributed by atoms with Crippen LogP contribution in [0, 0.1) is 0 Å². The Hall–Kier alpha value is -0.770. The summed E-state index contributed by atoms with van der Waals surface area (Å²) in [5.74, 6) is 0.771. The fourth-order valence-electron chi connectivity index (χ4n) is 1.28. The van der Waals surface area contributed by atoms with E-state index in [0.29, 0.717) is 11.6 Å². The molecule has 1 N–H and O–H groups in total. The summed E-state index contributed by atoms with van der Waals surface area (Å²) in [6, 6.07) is 7.34. The second-order valence-electron chi connectivity index (χ2n) is 4.70. The molecule has 1 aromatic rings. The number of aliphatic hydroxyl groups is 1. The number of rotatable bonds is 6. The Morgan fingerprint density at radius 1 is 1.41 bits per heavy atom. The molecular formula is C13H20ClNO2. The third kappa shape index (κ3) is 4.54. The van der Waals surface area contributed by atoms with Crippen LogP contribution in [-0.2, 0) is 0 Å². The number of nitrogens with zero attached hydrogens (tertiary/aromatic N) is 1. The molecular weight excluding hydrogens is 238 g/mol. The van der Waals surface area contributed by atoms with E-state index in [1.165, 1.54) is 0 Å². The molecule has 0 aliphatic rings. The van der Waals surface area contributed by atoms with Crippen LogP contribution in [0.3, 0.4) is 0 Å². The van der Waals surface area contributed by atoms with E-state index in [9.17, 15) is 5.11 Å². The summed E-state index contributed by atoms with van der Waals surface area (Å²) in [7, 11) is 1.97. The van der Waals surface area contributed by atoms with Crippen LogP contribution in [0.4, 0.5) is 0 Å². The van der Waals surface area contributed by atoms with E-state index in [-0.39, 0.29) is 12.1 Å². The van der Waals surface area contributed by atoms with Crippen LogP contribution in [0.5, 0.6) is 5.75 Å². The van der Waals surface area contributed by atoms with Crippen molar-refractivity contribution in [2.45, 2.75) is 19.4 Å². The van der Waals surface area contributed by atoms with Gasteiger partial charge in [0.1, 0.15) is 12.4 Å². The van der Waals surface area contributed by atoms with E-state index >= 15 is 0 Å². The number of likely N-dealkylation sites (N-methyl/N-ethyl adjacent to an activating group) is 1. The van der Waals surface area contributed by atoms with Gasteiger partial charge in [-0.25, -0.2) is 0 Å². The molecule has 17 heavy (non-hydrogen) atoms. The number of ether oxygens (including phenoxy) is 1. The average Bonchev–Trinajstić information content (AvgIpc) is 2.29. The van der Waals surface area contributed by atoms with E-state index in [1.807, 2.05) is 39.1 Å². The molecule has 0 bridgehead atoms. The van der Waals surface area contributed by atoms with Gasteiger partial charge in [0.15, 0.2) is 0 Å². The lowest BCUT2D eigenvalue weighted by molar-refractivity contribution is 0.0679. The molecule has 0 aliphatic heterocycles. The molecule has 0 radical (unpaired) electrons. The minimum atomic E-state index is -0.225. The average molecular weight is 258 g/mol. The molecule has 0 spiro atoms. The third-order valence-electron chi connectivity index (χ3n) is 2.91. The van der Waals surface area contributed by atoms with Crippen molar-refractivity contribution < 1.29 is 9.84 Å². The lowest BCUT2D eigenvalue weighted by Gasteiger charge is -2.33. The van der Waals surface area contributed by atoms with Gasteiger partial charge in [-0.15, -0.1) is 0 Å². The summed E-state index contributed by atoms with van der Waals surface area (Å²) in [5.41, 5.74) is -0.225. The fourth-order valence-corrected chi connectivity index (χ4v) is 1.46. The monoisotopic (exact) mass is 257 g/mol. The highest BCUT2D eigenvalue weighted by molar-refractivity contribution is 6.30. The van der Waals surface area contributed by atoms with Gasteiger partial charge in [0.05, 0.1) is 6.61 Å². The number of benzene rings is 1. The zero-order valence-electron chi connectivity index (χ0n) is 10.6. The summed E-state index contributed by atoms with van der Waals surface area (Å²) >= 11 is 5.86. The van der Waals surface area contributed by atoms with E-state index in [2.05, 4.69) is 4.90 Å². The van der Waals surface area contributed by atoms with Gasteiger partial charge < -0.3 is 9.84 Å². The van der Waals surface area contributed by atoms with Crippen molar-refractivity contribution in [2.24, 2.45) is 0 Å². The molecule has 0 aromatic heterocycles. The Kier molecular flexibility index (Phi) is 5.25. The Bertz CT molecular complexity index is 355. The number of hydrogen-bond acceptors (Lipinski definition) is 3. The molecule has 3 nitrogen and oxygen atoms in total. The van der Waals surface area contributed by atoms with Crippen LogP contribution in [0.15, 0.2) is 24.3 Å². The van der Waals surface area contributed by atoms with E-state index in [1.54, 1.807) is 6.07 Å². The lowest BCUT2D eigenvalue weighted by Crippen LogP contribution is -2.45. The van der Waals surface area contributed by atoms with Crippen molar-refractivity contribution in [3.8, 4) is 5.75 Å². The van der Waals surface area contributed by atoms with E-state index in [0.717, 1.165) is 12.3 Å². The molecule has 0 unspecified atom stereocenters. The van der Waals surface area contributed by atoms with Crippen molar-refractivity contribution >= 4 is 11.6 Å². The van der Waals surface area contributed by atoms with Crippen LogP contribution in [-0.4, -0.2) is 42.4 Å². The largest absolute Gasteiger partial charge is 0.492 e. The van der Waals surface area contributed by atoms with Crippen LogP contribution < -0.4 is 4.74 Å². The molecule has 96 valence electrons. The zero-order chi connectivity index (χ0) is 12.9. The molecule has 0 saturated heterocycles. The predicted octanol–water partition coefficient (Wildman–Crippen LogP) is 2.42. The summed E-state index contributed by atoms with van der Waals surface area (Å²) < 4.78 is 5.59. The first-order chi connectivity index (χ1) is 7.95. The maximum Gasteiger partial charge on any atom is 0.120 e. The lowest BCUT2D eigenvalue weighted by atomic mass is 10.1. The molecule has 1 rings (SSSR count). The maximum atomic E-state index is 9.22. The molecule has 0 atom stereocenters. The Balaban J connectivity index is 2.38. The molecule has 0 amide bonds. The summed E-state index contributed by atoms with van der Waals surface area (Å²) in [4.78, 5) is 2.07. The smallest absolute Gasteiger partial charge is 0.120 e. The molecule has 1 aromatic carbocycles. The normalized spacial score (nSPS) is 11.9. The number of hydrogen-bond donors (Lipinski definition) is 1. The van der Waals surface area contributed by atoms with Gasteiger partial charge in [-0.1, -0.05) is 17.7 Å². The minimum Gasteiger partial charge on any atom is -0.492 e. The SMILES string of the molecule is CN(CCOc1cccc(Cl)c1)C(C)(C)CO. The molecule has 4 heteroatoms. The van der Waals surface area contributed by atoms with Crippen LogP contribution >= 0.6 is 11.6 Å². The standard InChI is InChI=1S/C13H20ClNO2/c1-13(2,10-16)15(3)7-8-17-12-6-4-5-11(14)9-12/h4-6,9,16H,7-8,10H2,1-3H3. The fraction of sp³-hybridized carbons (Fsp3) is 0.538. The minimum absolute atomic E-state index is 0.126. The van der Waals surface area contributed by atoms with Crippen molar-refractivity contribution in [2.75, 3.05) is 26.8 Å². The topological polar surface area (TPSA) is 32.7 Å². The summed E-state index contributed by atoms with van der Waals surface area (Å²) in [5, 5.41) is 9.89. The van der Waals surface area contributed by atoms with Crippen LogP contribution in [0.1, 0.15) is 13.8 Å². The third-order valence-corrected chi connectivity index (χ3v) is 3.15.